The van der Waals surface area contributed by atoms with E-state index in [9.17, 15) is 23.2 Å². The highest BCUT2D eigenvalue weighted by molar-refractivity contribution is 6.33. The lowest BCUT2D eigenvalue weighted by Gasteiger charge is -2.09. The van der Waals surface area contributed by atoms with Gasteiger partial charge in [-0.15, -0.1) is 0 Å². The average Bonchev–Trinajstić information content (AvgIpc) is 2.88. The minimum Gasteiger partial charge on any atom is -0.453 e. The van der Waals surface area contributed by atoms with Crippen LogP contribution in [0.4, 0.5) is 23.8 Å². The van der Waals surface area contributed by atoms with E-state index in [1.165, 1.54) is 0 Å². The number of nitriles is 1. The quantitative estimate of drug-likeness (QED) is 0.867. The maximum absolute atomic E-state index is 12.6. The van der Waals surface area contributed by atoms with Crippen LogP contribution in [0, 0.1) is 11.3 Å². The van der Waals surface area contributed by atoms with Crippen LogP contribution in [-0.4, -0.2) is 23.4 Å². The number of aromatic nitrogens is 2. The number of benzene rings is 1. The number of nitrogens with zero attached hydrogens (tertiary/aromatic N) is 2. The number of H-pyrrole nitrogens is 1. The Morgan fingerprint density at radius 1 is 1.48 bits per heavy atom. The summed E-state index contributed by atoms with van der Waals surface area (Å²) in [6.45, 7) is 0. The Hall–Kier alpha value is -2.73. The third kappa shape index (κ3) is 3.37. The number of amides is 1. The molecule has 0 aliphatic rings. The molecule has 0 saturated carbocycles. The summed E-state index contributed by atoms with van der Waals surface area (Å²) in [5.41, 5.74) is -0.881. The van der Waals surface area contributed by atoms with Gasteiger partial charge in [0.2, 0.25) is 0 Å². The van der Waals surface area contributed by atoms with Gasteiger partial charge >= 0.3 is 12.3 Å². The molecule has 2 aromatic rings. The minimum absolute atomic E-state index is 0.0117. The Morgan fingerprint density at radius 3 is 2.70 bits per heavy atom. The van der Waals surface area contributed by atoms with Gasteiger partial charge in [-0.2, -0.15) is 23.5 Å². The van der Waals surface area contributed by atoms with E-state index in [4.69, 9.17) is 11.6 Å². The van der Waals surface area contributed by atoms with E-state index in [0.29, 0.717) is 0 Å². The molecule has 1 aromatic carbocycles. The second-order valence-electron chi connectivity index (χ2n) is 4.24. The number of aromatic amines is 1. The van der Waals surface area contributed by atoms with Crippen LogP contribution in [0.15, 0.2) is 18.2 Å². The zero-order valence-corrected chi connectivity index (χ0v) is 12.2. The van der Waals surface area contributed by atoms with E-state index >= 15 is 0 Å². The fourth-order valence-corrected chi connectivity index (χ4v) is 2.04. The van der Waals surface area contributed by atoms with Crippen molar-refractivity contribution in [3.8, 4) is 17.3 Å². The fourth-order valence-electron chi connectivity index (χ4n) is 1.77. The number of methoxy groups -OCH3 is 1. The monoisotopic (exact) mass is 344 g/mol. The Kier molecular flexibility index (Phi) is 4.47. The van der Waals surface area contributed by atoms with Crippen LogP contribution >= 0.6 is 11.6 Å². The van der Waals surface area contributed by atoms with Gasteiger partial charge in [0.25, 0.3) is 0 Å². The van der Waals surface area contributed by atoms with Crippen molar-refractivity contribution in [2.45, 2.75) is 6.18 Å². The average molecular weight is 345 g/mol. The van der Waals surface area contributed by atoms with Gasteiger partial charge in [0, 0.05) is 5.56 Å². The van der Waals surface area contributed by atoms with E-state index in [1.807, 2.05) is 0 Å². The highest BCUT2D eigenvalue weighted by atomic mass is 35.5. The Labute approximate surface area is 132 Å². The van der Waals surface area contributed by atoms with Crippen molar-refractivity contribution in [2.24, 2.45) is 0 Å². The molecule has 1 aromatic heterocycles. The largest absolute Gasteiger partial charge is 0.453 e. The van der Waals surface area contributed by atoms with Crippen LogP contribution < -0.4 is 5.32 Å². The molecular weight excluding hydrogens is 337 g/mol. The maximum Gasteiger partial charge on any atom is 0.416 e. The first kappa shape index (κ1) is 16.6. The molecule has 10 heteroatoms. The number of nitrogens with one attached hydrogen (secondary N) is 2. The van der Waals surface area contributed by atoms with Gasteiger partial charge in [0.05, 0.1) is 17.7 Å². The molecule has 0 saturated heterocycles. The summed E-state index contributed by atoms with van der Waals surface area (Å²) in [6.07, 6.45) is -5.38. The molecule has 0 radical (unpaired) electrons. The van der Waals surface area contributed by atoms with Crippen LogP contribution in [0.2, 0.25) is 5.02 Å². The number of carbonyl (C=O) groups excluding carboxylic acids is 1. The predicted octanol–water partition coefficient (Wildman–Crippen LogP) is 3.80. The molecule has 2 N–H and O–H groups in total. The SMILES string of the molecule is COC(=O)Nc1[nH]nc(-c2ccc(C(F)(F)F)cc2Cl)c1C#N. The zero-order chi connectivity index (χ0) is 17.2. The number of hydrogen-bond acceptors (Lipinski definition) is 4. The van der Waals surface area contributed by atoms with Crippen molar-refractivity contribution < 1.29 is 22.7 Å². The van der Waals surface area contributed by atoms with Crippen molar-refractivity contribution in [1.82, 2.24) is 10.2 Å². The number of carbonyl (C=O) groups is 1. The Morgan fingerprint density at radius 2 is 2.17 bits per heavy atom. The summed E-state index contributed by atoms with van der Waals surface area (Å²) < 4.78 is 42.3. The van der Waals surface area contributed by atoms with Gasteiger partial charge in [0.1, 0.15) is 23.1 Å². The van der Waals surface area contributed by atoms with Crippen molar-refractivity contribution in [3.05, 3.63) is 34.3 Å². The molecule has 0 unspecified atom stereocenters. The molecule has 0 atom stereocenters. The van der Waals surface area contributed by atoms with Gasteiger partial charge in [-0.25, -0.2) is 4.79 Å². The number of hydrogen-bond donors (Lipinski definition) is 2. The number of anilines is 1. The third-order valence-corrected chi connectivity index (χ3v) is 3.15. The molecule has 0 bridgehead atoms. The molecule has 23 heavy (non-hydrogen) atoms. The van der Waals surface area contributed by atoms with E-state index in [2.05, 4.69) is 20.3 Å². The highest BCUT2D eigenvalue weighted by Gasteiger charge is 2.31. The normalized spacial score (nSPS) is 11.0. The standard InChI is InChI=1S/C13H8ClF3N4O2/c1-23-12(22)19-11-8(5-18)10(20-21-11)7-3-2-6(4-9(7)14)13(15,16)17/h2-4H,1H3,(H2,19,20,21,22). The van der Waals surface area contributed by atoms with Crippen LogP contribution in [0.1, 0.15) is 11.1 Å². The molecule has 6 nitrogen and oxygen atoms in total. The summed E-state index contributed by atoms with van der Waals surface area (Å²) in [5.74, 6) is -0.0506. The van der Waals surface area contributed by atoms with Crippen molar-refractivity contribution in [1.29, 1.82) is 5.26 Å². The number of halogens is 4. The lowest BCUT2D eigenvalue weighted by atomic mass is 10.1. The number of alkyl halides is 3. The fraction of sp³-hybridized carbons (Fsp3) is 0.154. The van der Waals surface area contributed by atoms with Crippen molar-refractivity contribution in [3.63, 3.8) is 0 Å². The van der Waals surface area contributed by atoms with Crippen LogP contribution in [-0.2, 0) is 10.9 Å². The summed E-state index contributed by atoms with van der Waals surface area (Å²) in [5, 5.41) is 17.4. The van der Waals surface area contributed by atoms with Crippen LogP contribution in [0.5, 0.6) is 0 Å². The van der Waals surface area contributed by atoms with Crippen molar-refractivity contribution >= 4 is 23.5 Å². The van der Waals surface area contributed by atoms with E-state index in [0.717, 1.165) is 25.3 Å². The first-order chi connectivity index (χ1) is 10.8. The molecule has 0 spiro atoms. The molecule has 0 fully saturated rings. The zero-order valence-electron chi connectivity index (χ0n) is 11.5. The van der Waals surface area contributed by atoms with E-state index < -0.39 is 17.8 Å². The molecule has 0 aliphatic carbocycles. The highest BCUT2D eigenvalue weighted by Crippen LogP contribution is 2.36. The van der Waals surface area contributed by atoms with Gasteiger partial charge in [-0.05, 0) is 12.1 Å². The molecule has 1 amide bonds. The molecular formula is C13H8ClF3N4O2. The summed E-state index contributed by atoms with van der Waals surface area (Å²) in [6, 6.07) is 4.46. The second kappa shape index (κ2) is 6.18. The topological polar surface area (TPSA) is 90.8 Å². The van der Waals surface area contributed by atoms with E-state index in [1.54, 1.807) is 6.07 Å². The third-order valence-electron chi connectivity index (χ3n) is 2.84. The van der Waals surface area contributed by atoms with Gasteiger partial charge in [0.15, 0.2) is 0 Å². The van der Waals surface area contributed by atoms with Gasteiger partial charge in [-0.1, -0.05) is 17.7 Å². The van der Waals surface area contributed by atoms with Crippen LogP contribution in [0.25, 0.3) is 11.3 Å². The summed E-state index contributed by atoms with van der Waals surface area (Å²) in [4.78, 5) is 11.2. The van der Waals surface area contributed by atoms with E-state index in [-0.39, 0.29) is 27.7 Å². The summed E-state index contributed by atoms with van der Waals surface area (Å²) >= 11 is 5.87. The lowest BCUT2D eigenvalue weighted by Crippen LogP contribution is -2.12. The molecule has 2 rings (SSSR count). The minimum atomic E-state index is -4.54. The Bertz CT molecular complexity index is 795. The van der Waals surface area contributed by atoms with Crippen molar-refractivity contribution in [2.75, 3.05) is 12.4 Å². The first-order valence-electron chi connectivity index (χ1n) is 5.98. The number of rotatable bonds is 2. The second-order valence-corrected chi connectivity index (χ2v) is 4.65. The first-order valence-corrected chi connectivity index (χ1v) is 6.36. The molecule has 0 aliphatic heterocycles. The molecule has 120 valence electrons. The van der Waals surface area contributed by atoms with Gasteiger partial charge < -0.3 is 4.74 Å². The number of ether oxygens (including phenoxy) is 1. The van der Waals surface area contributed by atoms with Gasteiger partial charge in [-0.3, -0.25) is 10.4 Å². The maximum atomic E-state index is 12.6. The van der Waals surface area contributed by atoms with Crippen LogP contribution in [0.3, 0.4) is 0 Å². The Balaban J connectivity index is 2.47. The predicted molar refractivity (Wildman–Crippen MR) is 74.8 cm³/mol. The smallest absolute Gasteiger partial charge is 0.416 e. The summed E-state index contributed by atoms with van der Waals surface area (Å²) in [7, 11) is 1.13. The molecule has 1 heterocycles. The lowest BCUT2D eigenvalue weighted by molar-refractivity contribution is -0.137.